The molecule has 0 saturated carbocycles. The van der Waals surface area contributed by atoms with E-state index in [2.05, 4.69) is 36.0 Å². The summed E-state index contributed by atoms with van der Waals surface area (Å²) in [5.41, 5.74) is 1.71. The average Bonchev–Trinajstić information content (AvgIpc) is 2.96. The Morgan fingerprint density at radius 1 is 1.21 bits per heavy atom. The summed E-state index contributed by atoms with van der Waals surface area (Å²) in [4.78, 5) is 0. The highest BCUT2D eigenvalue weighted by Crippen LogP contribution is 2.11. The van der Waals surface area contributed by atoms with Crippen molar-refractivity contribution in [2.75, 3.05) is 6.61 Å². The van der Waals surface area contributed by atoms with Crippen LogP contribution in [-0.4, -0.2) is 32.8 Å². The first-order valence-corrected chi connectivity index (χ1v) is 8.51. The maximum atomic E-state index is 10.2. The minimum absolute atomic E-state index is 0.203. The summed E-state index contributed by atoms with van der Waals surface area (Å²) in [5, 5.41) is 18.6. The number of unbranched alkanes of at least 4 members (excludes halogenated alkanes) is 1. The summed E-state index contributed by atoms with van der Waals surface area (Å²) in [5.74, 6) is 7.05. The second-order valence-electron chi connectivity index (χ2n) is 5.65. The third-order valence-electron chi connectivity index (χ3n) is 3.44. The molecule has 0 radical (unpaired) electrons. The summed E-state index contributed by atoms with van der Waals surface area (Å²) in [6, 6.07) is 9.46. The van der Waals surface area contributed by atoms with Gasteiger partial charge in [0.25, 0.3) is 0 Å². The predicted molar refractivity (Wildman–Crippen MR) is 93.7 cm³/mol. The Morgan fingerprint density at radius 3 is 2.71 bits per heavy atom. The first kappa shape index (κ1) is 18.0. The van der Waals surface area contributed by atoms with Gasteiger partial charge in [-0.05, 0) is 30.9 Å². The number of para-hydroxylation sites is 1. The first-order chi connectivity index (χ1) is 11.7. The number of nitrogens with zero attached hydrogens (tertiary/aromatic N) is 3. The highest BCUT2D eigenvalue weighted by Gasteiger charge is 2.14. The molecule has 1 heterocycles. The van der Waals surface area contributed by atoms with E-state index in [-0.39, 0.29) is 6.61 Å². The minimum Gasteiger partial charge on any atom is -0.491 e. The molecular weight excluding hydrogens is 302 g/mol. The molecule has 0 amide bonds. The van der Waals surface area contributed by atoms with Gasteiger partial charge in [-0.1, -0.05) is 49.6 Å². The molecule has 0 aliphatic rings. The summed E-state index contributed by atoms with van der Waals surface area (Å²) in [6.45, 7) is 4.72. The van der Waals surface area contributed by atoms with E-state index in [1.165, 1.54) is 0 Å². The van der Waals surface area contributed by atoms with E-state index < -0.39 is 6.10 Å². The van der Waals surface area contributed by atoms with Gasteiger partial charge in [-0.2, -0.15) is 0 Å². The van der Waals surface area contributed by atoms with Crippen molar-refractivity contribution in [3.63, 3.8) is 0 Å². The number of aryl methyl sites for hydroxylation is 1. The van der Waals surface area contributed by atoms with Crippen molar-refractivity contribution < 1.29 is 9.84 Å². The van der Waals surface area contributed by atoms with Crippen molar-refractivity contribution in [2.24, 2.45) is 0 Å². The second kappa shape index (κ2) is 9.74. The largest absolute Gasteiger partial charge is 0.491 e. The fourth-order valence-corrected chi connectivity index (χ4v) is 2.25. The molecule has 1 unspecified atom stereocenters. The van der Waals surface area contributed by atoms with E-state index in [4.69, 9.17) is 4.74 Å². The lowest BCUT2D eigenvalue weighted by atomic mass is 10.2. The molecule has 0 fully saturated rings. The standard InChI is InChI=1S/C19H25N3O2/c1-3-5-7-13-19-18(10-4-2)20-21-22(19)14-16(23)15-24-17-11-8-6-9-12-17/h6,8-9,11-12,16,23H,3-5,10,14-15H2,1-2H3. The molecule has 24 heavy (non-hydrogen) atoms. The fourth-order valence-electron chi connectivity index (χ4n) is 2.25. The second-order valence-corrected chi connectivity index (χ2v) is 5.65. The zero-order valence-corrected chi connectivity index (χ0v) is 14.4. The van der Waals surface area contributed by atoms with Crippen LogP contribution in [0.1, 0.15) is 44.5 Å². The molecular formula is C19H25N3O2. The van der Waals surface area contributed by atoms with Gasteiger partial charge in [-0.25, -0.2) is 4.68 Å². The normalized spacial score (nSPS) is 11.6. The molecule has 1 atom stereocenters. The maximum absolute atomic E-state index is 10.2. The molecule has 2 aromatic rings. The Balaban J connectivity index is 2.01. The maximum Gasteiger partial charge on any atom is 0.134 e. The van der Waals surface area contributed by atoms with Crippen LogP contribution in [0.2, 0.25) is 0 Å². The smallest absolute Gasteiger partial charge is 0.134 e. The van der Waals surface area contributed by atoms with E-state index in [9.17, 15) is 5.11 Å². The molecule has 1 aromatic heterocycles. The predicted octanol–water partition coefficient (Wildman–Crippen LogP) is 2.82. The van der Waals surface area contributed by atoms with E-state index in [1.54, 1.807) is 4.68 Å². The number of ether oxygens (including phenoxy) is 1. The lowest BCUT2D eigenvalue weighted by Gasteiger charge is -2.12. The van der Waals surface area contributed by atoms with Gasteiger partial charge in [0.2, 0.25) is 0 Å². The monoisotopic (exact) mass is 327 g/mol. The Kier molecular flexibility index (Phi) is 7.31. The van der Waals surface area contributed by atoms with Gasteiger partial charge in [-0.3, -0.25) is 0 Å². The van der Waals surface area contributed by atoms with E-state index >= 15 is 0 Å². The summed E-state index contributed by atoms with van der Waals surface area (Å²) < 4.78 is 7.27. The SMILES string of the molecule is CCCC#Cc1c(CCC)nnn1CC(O)COc1ccccc1. The Bertz CT molecular complexity index is 671. The van der Waals surface area contributed by atoms with Crippen LogP contribution >= 0.6 is 0 Å². The quantitative estimate of drug-likeness (QED) is 0.758. The van der Waals surface area contributed by atoms with Crippen molar-refractivity contribution in [1.82, 2.24) is 15.0 Å². The van der Waals surface area contributed by atoms with Crippen LogP contribution in [-0.2, 0) is 13.0 Å². The Labute approximate surface area is 143 Å². The summed E-state index contributed by atoms with van der Waals surface area (Å²) in [6.07, 6.45) is 3.02. The molecule has 0 bridgehead atoms. The number of hydrogen-bond acceptors (Lipinski definition) is 4. The van der Waals surface area contributed by atoms with Gasteiger partial charge in [0, 0.05) is 6.42 Å². The molecule has 2 rings (SSSR count). The van der Waals surface area contributed by atoms with Gasteiger partial charge in [0.05, 0.1) is 12.2 Å². The third-order valence-corrected chi connectivity index (χ3v) is 3.44. The van der Waals surface area contributed by atoms with Crippen molar-refractivity contribution >= 4 is 0 Å². The van der Waals surface area contributed by atoms with E-state index in [1.807, 2.05) is 30.3 Å². The number of hydrogen-bond donors (Lipinski definition) is 1. The molecule has 0 saturated heterocycles. The number of aromatic nitrogens is 3. The van der Waals surface area contributed by atoms with Crippen molar-refractivity contribution in [3.8, 4) is 17.6 Å². The highest BCUT2D eigenvalue weighted by molar-refractivity contribution is 5.31. The molecule has 1 N–H and O–H groups in total. The van der Waals surface area contributed by atoms with Crippen LogP contribution in [0, 0.1) is 11.8 Å². The first-order valence-electron chi connectivity index (χ1n) is 8.51. The third kappa shape index (κ3) is 5.39. The van der Waals surface area contributed by atoms with Crippen molar-refractivity contribution in [1.29, 1.82) is 0 Å². The van der Waals surface area contributed by atoms with Gasteiger partial charge in [0.15, 0.2) is 0 Å². The average molecular weight is 327 g/mol. The zero-order chi connectivity index (χ0) is 17.2. The zero-order valence-electron chi connectivity index (χ0n) is 14.4. The van der Waals surface area contributed by atoms with Crippen LogP contribution in [0.5, 0.6) is 5.75 Å². The lowest BCUT2D eigenvalue weighted by molar-refractivity contribution is 0.0886. The van der Waals surface area contributed by atoms with Gasteiger partial charge in [-0.15, -0.1) is 5.10 Å². The number of benzene rings is 1. The van der Waals surface area contributed by atoms with Gasteiger partial charge < -0.3 is 9.84 Å². The Hall–Kier alpha value is -2.32. The number of rotatable bonds is 8. The van der Waals surface area contributed by atoms with Crippen LogP contribution < -0.4 is 4.74 Å². The van der Waals surface area contributed by atoms with Crippen LogP contribution in [0.15, 0.2) is 30.3 Å². The summed E-state index contributed by atoms with van der Waals surface area (Å²) in [7, 11) is 0. The fraction of sp³-hybridized carbons (Fsp3) is 0.474. The molecule has 128 valence electrons. The number of aliphatic hydroxyl groups excluding tert-OH is 1. The van der Waals surface area contributed by atoms with Gasteiger partial charge >= 0.3 is 0 Å². The van der Waals surface area contributed by atoms with Crippen LogP contribution in [0.25, 0.3) is 0 Å². The van der Waals surface area contributed by atoms with E-state index in [0.717, 1.165) is 42.8 Å². The topological polar surface area (TPSA) is 60.2 Å². The van der Waals surface area contributed by atoms with Crippen LogP contribution in [0.3, 0.4) is 0 Å². The molecule has 5 nitrogen and oxygen atoms in total. The molecule has 1 aromatic carbocycles. The Morgan fingerprint density at radius 2 is 2.00 bits per heavy atom. The van der Waals surface area contributed by atoms with Crippen molar-refractivity contribution in [2.45, 2.75) is 52.2 Å². The molecule has 5 heteroatoms. The van der Waals surface area contributed by atoms with Gasteiger partial charge in [0.1, 0.15) is 24.2 Å². The highest BCUT2D eigenvalue weighted by atomic mass is 16.5. The number of aliphatic hydroxyl groups is 1. The molecule has 0 spiro atoms. The van der Waals surface area contributed by atoms with E-state index in [0.29, 0.717) is 6.54 Å². The molecule has 0 aliphatic heterocycles. The van der Waals surface area contributed by atoms with Crippen LogP contribution in [0.4, 0.5) is 0 Å². The van der Waals surface area contributed by atoms with Crippen molar-refractivity contribution in [3.05, 3.63) is 41.7 Å². The minimum atomic E-state index is -0.673. The lowest BCUT2D eigenvalue weighted by Crippen LogP contribution is -2.25. The summed E-state index contributed by atoms with van der Waals surface area (Å²) >= 11 is 0. The molecule has 0 aliphatic carbocycles.